The molecular weight excluding hydrogens is 618 g/mol. The Balaban J connectivity index is 1.12. The van der Waals surface area contributed by atoms with E-state index in [1.807, 2.05) is 22.1 Å². The van der Waals surface area contributed by atoms with Gasteiger partial charge in [0.05, 0.1) is 42.7 Å². The molecule has 0 spiro atoms. The zero-order chi connectivity index (χ0) is 32.2. The molecule has 3 aromatic heterocycles. The average molecular weight is 651 g/mol. The minimum absolute atomic E-state index is 0.0534. The summed E-state index contributed by atoms with van der Waals surface area (Å²) >= 11 is 5.82. The fraction of sp³-hybridized carbons (Fsp3) is 0.333. The number of pyridine rings is 1. The van der Waals surface area contributed by atoms with Gasteiger partial charge in [0.25, 0.3) is 0 Å². The predicted octanol–water partition coefficient (Wildman–Crippen LogP) is 5.88. The molecule has 1 fully saturated rings. The molecule has 1 saturated heterocycles. The summed E-state index contributed by atoms with van der Waals surface area (Å²) in [6.45, 7) is 5.20. The Morgan fingerprint density at radius 1 is 1.07 bits per heavy atom. The Morgan fingerprint density at radius 2 is 1.89 bits per heavy atom. The standard InChI is InChI=1S/C33H33ClF2N6O4/c1-2-41-20-37-16-24(41)17-42-28-13-21(14-32(43)44)12-27(36)33(28)39-30(42)18-40-10-8-25(9-11-40)46-31-5-3-4-23(38-31)19-45-29-7-6-22(34)15-26(29)35/h3-7,12-13,15-16,20,25H,2,8-11,14,17-19H2,1H3,(H,43,44). The largest absolute Gasteiger partial charge is 0.484 e. The van der Waals surface area contributed by atoms with Gasteiger partial charge in [-0.05, 0) is 61.7 Å². The van der Waals surface area contributed by atoms with Gasteiger partial charge < -0.3 is 23.7 Å². The normalized spacial score (nSPS) is 14.2. The van der Waals surface area contributed by atoms with Crippen LogP contribution in [0.4, 0.5) is 8.78 Å². The highest BCUT2D eigenvalue weighted by molar-refractivity contribution is 6.30. The van der Waals surface area contributed by atoms with Crippen LogP contribution in [0.3, 0.4) is 0 Å². The van der Waals surface area contributed by atoms with Crippen molar-refractivity contribution in [3.05, 3.63) is 100 Å². The van der Waals surface area contributed by atoms with Gasteiger partial charge in [-0.25, -0.2) is 23.7 Å². The molecule has 0 bridgehead atoms. The Labute approximate surface area is 269 Å². The number of carbonyl (C=O) groups is 1. The monoisotopic (exact) mass is 650 g/mol. The molecule has 46 heavy (non-hydrogen) atoms. The molecule has 1 aliphatic heterocycles. The fourth-order valence-electron chi connectivity index (χ4n) is 5.69. The van der Waals surface area contributed by atoms with E-state index in [2.05, 4.69) is 14.9 Å². The van der Waals surface area contributed by atoms with Gasteiger partial charge in [0.1, 0.15) is 24.1 Å². The zero-order valence-electron chi connectivity index (χ0n) is 25.2. The van der Waals surface area contributed by atoms with Gasteiger partial charge in [0.15, 0.2) is 17.4 Å². The van der Waals surface area contributed by atoms with Crippen molar-refractivity contribution in [2.24, 2.45) is 0 Å². The van der Waals surface area contributed by atoms with Crippen LogP contribution in [0.25, 0.3) is 11.0 Å². The van der Waals surface area contributed by atoms with Crippen LogP contribution in [0.2, 0.25) is 5.02 Å². The second-order valence-corrected chi connectivity index (χ2v) is 11.7. The maximum absolute atomic E-state index is 15.2. The van der Waals surface area contributed by atoms with Crippen LogP contribution in [0, 0.1) is 11.6 Å². The van der Waals surface area contributed by atoms with Crippen molar-refractivity contribution in [2.45, 2.75) is 58.5 Å². The van der Waals surface area contributed by atoms with Crippen LogP contribution in [0.1, 0.15) is 42.5 Å². The van der Waals surface area contributed by atoms with E-state index in [0.29, 0.717) is 46.6 Å². The Kier molecular flexibility index (Phi) is 9.46. The summed E-state index contributed by atoms with van der Waals surface area (Å²) in [5, 5.41) is 9.60. The lowest BCUT2D eigenvalue weighted by atomic mass is 10.1. The smallest absolute Gasteiger partial charge is 0.307 e. The Morgan fingerprint density at radius 3 is 2.65 bits per heavy atom. The molecule has 0 unspecified atom stereocenters. The number of fused-ring (bicyclic) bond motifs is 1. The molecule has 0 radical (unpaired) electrons. The van der Waals surface area contributed by atoms with E-state index in [-0.39, 0.29) is 30.4 Å². The summed E-state index contributed by atoms with van der Waals surface area (Å²) in [6, 6.07) is 12.6. The van der Waals surface area contributed by atoms with Crippen molar-refractivity contribution in [1.29, 1.82) is 0 Å². The van der Waals surface area contributed by atoms with Gasteiger partial charge in [-0.15, -0.1) is 0 Å². The third-order valence-corrected chi connectivity index (χ3v) is 8.23. The number of halogens is 3. The highest BCUT2D eigenvalue weighted by atomic mass is 35.5. The number of piperidine rings is 1. The summed E-state index contributed by atoms with van der Waals surface area (Å²) in [5.74, 6) is -0.846. The molecule has 240 valence electrons. The maximum atomic E-state index is 15.2. The number of nitrogens with zero attached hydrogens (tertiary/aromatic N) is 6. The minimum Gasteiger partial charge on any atom is -0.484 e. The molecule has 0 aliphatic carbocycles. The lowest BCUT2D eigenvalue weighted by Gasteiger charge is -2.31. The van der Waals surface area contributed by atoms with E-state index in [1.165, 1.54) is 18.2 Å². The highest BCUT2D eigenvalue weighted by Crippen LogP contribution is 2.26. The predicted molar refractivity (Wildman–Crippen MR) is 167 cm³/mol. The van der Waals surface area contributed by atoms with Crippen LogP contribution >= 0.6 is 11.6 Å². The van der Waals surface area contributed by atoms with Crippen LogP contribution in [0.5, 0.6) is 11.6 Å². The molecule has 0 saturated carbocycles. The van der Waals surface area contributed by atoms with Gasteiger partial charge >= 0.3 is 5.97 Å². The molecule has 2 aromatic carbocycles. The number of aliphatic carboxylic acids is 1. The number of likely N-dealkylation sites (tertiary alicyclic amines) is 1. The van der Waals surface area contributed by atoms with Crippen LogP contribution < -0.4 is 9.47 Å². The molecule has 10 nitrogen and oxygen atoms in total. The first-order chi connectivity index (χ1) is 22.2. The van der Waals surface area contributed by atoms with Gasteiger partial charge in [0, 0.05) is 36.9 Å². The number of carboxylic acids is 1. The van der Waals surface area contributed by atoms with E-state index in [0.717, 1.165) is 38.2 Å². The number of imidazole rings is 2. The van der Waals surface area contributed by atoms with Gasteiger partial charge in [-0.2, -0.15) is 0 Å². The molecule has 0 atom stereocenters. The number of benzene rings is 2. The van der Waals surface area contributed by atoms with E-state index in [9.17, 15) is 14.3 Å². The van der Waals surface area contributed by atoms with Gasteiger partial charge in [0.2, 0.25) is 5.88 Å². The Hall–Kier alpha value is -4.55. The van der Waals surface area contributed by atoms with Crippen molar-refractivity contribution < 1.29 is 28.2 Å². The number of rotatable bonds is 12. The van der Waals surface area contributed by atoms with Crippen LogP contribution in [-0.2, 0) is 37.5 Å². The molecule has 1 aliphatic rings. The van der Waals surface area contributed by atoms with Gasteiger partial charge in [-0.1, -0.05) is 17.7 Å². The first-order valence-electron chi connectivity index (χ1n) is 15.1. The SMILES string of the molecule is CCn1cncc1Cn1c(CN2CCC(Oc3cccc(COc4ccc(Cl)cc4F)n3)CC2)nc2c(F)cc(CC(=O)O)cc21. The van der Waals surface area contributed by atoms with Crippen LogP contribution in [-0.4, -0.2) is 59.3 Å². The van der Waals surface area contributed by atoms with E-state index in [1.54, 1.807) is 36.8 Å². The van der Waals surface area contributed by atoms with E-state index in [4.69, 9.17) is 26.1 Å². The molecule has 4 heterocycles. The average Bonchev–Trinajstić information content (AvgIpc) is 3.62. The molecule has 1 N–H and O–H groups in total. The topological polar surface area (TPSA) is 108 Å². The molecule has 13 heteroatoms. The Bertz CT molecular complexity index is 1850. The molecular formula is C33H33ClF2N6O4. The molecule has 0 amide bonds. The number of hydrogen-bond donors (Lipinski definition) is 1. The third-order valence-electron chi connectivity index (χ3n) is 8.00. The molecule has 6 rings (SSSR count). The summed E-state index contributed by atoms with van der Waals surface area (Å²) < 4.78 is 45.0. The highest BCUT2D eigenvalue weighted by Gasteiger charge is 2.24. The summed E-state index contributed by atoms with van der Waals surface area (Å²) in [6.07, 6.45) is 4.70. The fourth-order valence-corrected chi connectivity index (χ4v) is 5.85. The van der Waals surface area contributed by atoms with Crippen molar-refractivity contribution in [3.63, 3.8) is 0 Å². The zero-order valence-corrected chi connectivity index (χ0v) is 26.0. The number of carboxylic acid groups (broad SMARTS) is 1. The van der Waals surface area contributed by atoms with E-state index >= 15 is 4.39 Å². The first kappa shape index (κ1) is 31.4. The van der Waals surface area contributed by atoms with Crippen molar-refractivity contribution in [1.82, 2.24) is 29.0 Å². The van der Waals surface area contributed by atoms with Crippen molar-refractivity contribution in [2.75, 3.05) is 13.1 Å². The van der Waals surface area contributed by atoms with Gasteiger partial charge in [-0.3, -0.25) is 9.69 Å². The third kappa shape index (κ3) is 7.29. The summed E-state index contributed by atoms with van der Waals surface area (Å²) in [5.41, 5.74) is 2.71. The maximum Gasteiger partial charge on any atom is 0.307 e. The number of aryl methyl sites for hydroxylation is 1. The quantitative estimate of drug-likeness (QED) is 0.179. The van der Waals surface area contributed by atoms with E-state index < -0.39 is 17.6 Å². The lowest BCUT2D eigenvalue weighted by molar-refractivity contribution is -0.136. The van der Waals surface area contributed by atoms with Crippen LogP contribution in [0.15, 0.2) is 61.1 Å². The minimum atomic E-state index is -1.03. The number of aromatic nitrogens is 5. The first-order valence-corrected chi connectivity index (χ1v) is 15.4. The second kappa shape index (κ2) is 13.8. The molecule has 5 aromatic rings. The lowest BCUT2D eigenvalue weighted by Crippen LogP contribution is -2.38. The number of hydrogen-bond acceptors (Lipinski definition) is 7. The summed E-state index contributed by atoms with van der Waals surface area (Å²) in [7, 11) is 0. The summed E-state index contributed by atoms with van der Waals surface area (Å²) in [4.78, 5) is 27.1. The second-order valence-electron chi connectivity index (χ2n) is 11.2. The van der Waals surface area contributed by atoms with Crippen molar-refractivity contribution in [3.8, 4) is 11.6 Å². The van der Waals surface area contributed by atoms with Crippen molar-refractivity contribution >= 4 is 28.6 Å². The number of ether oxygens (including phenoxy) is 2.